The van der Waals surface area contributed by atoms with E-state index in [2.05, 4.69) is 35.9 Å². The molecule has 1 saturated heterocycles. The highest BCUT2D eigenvalue weighted by Gasteiger charge is 2.24. The second kappa shape index (κ2) is 10.2. The summed E-state index contributed by atoms with van der Waals surface area (Å²) in [4.78, 5) is 28.5. The Labute approximate surface area is 194 Å². The van der Waals surface area contributed by atoms with Crippen molar-refractivity contribution in [2.75, 3.05) is 39.4 Å². The number of nitrogens with zero attached hydrogens (tertiary/aromatic N) is 5. The lowest BCUT2D eigenvalue weighted by Gasteiger charge is -2.26. The first-order valence-electron chi connectivity index (χ1n) is 11.8. The molecular formula is C25H30N6O2. The summed E-state index contributed by atoms with van der Waals surface area (Å²) in [7, 11) is 0. The van der Waals surface area contributed by atoms with Gasteiger partial charge in [0.15, 0.2) is 5.82 Å². The summed E-state index contributed by atoms with van der Waals surface area (Å²) in [5, 5.41) is 3.11. The van der Waals surface area contributed by atoms with Crippen LogP contribution in [-0.4, -0.2) is 69.7 Å². The molecule has 1 amide bonds. The van der Waals surface area contributed by atoms with Gasteiger partial charge in [-0.2, -0.15) is 0 Å². The zero-order valence-electron chi connectivity index (χ0n) is 18.8. The molecule has 2 fully saturated rings. The van der Waals surface area contributed by atoms with Crippen molar-refractivity contribution in [1.29, 1.82) is 0 Å². The Morgan fingerprint density at radius 3 is 2.64 bits per heavy atom. The molecule has 0 unspecified atom stereocenters. The molecule has 1 aliphatic carbocycles. The monoisotopic (exact) mass is 446 g/mol. The molecule has 172 valence electrons. The van der Waals surface area contributed by atoms with E-state index in [0.717, 1.165) is 62.5 Å². The summed E-state index contributed by atoms with van der Waals surface area (Å²) >= 11 is 0. The smallest absolute Gasteiger partial charge is 0.267 e. The lowest BCUT2D eigenvalue weighted by molar-refractivity contribution is 0.0374. The first-order valence-corrected chi connectivity index (χ1v) is 11.8. The number of morpholine rings is 1. The minimum Gasteiger partial charge on any atom is -0.379 e. The Morgan fingerprint density at radius 2 is 1.91 bits per heavy atom. The molecule has 1 N–H and O–H groups in total. The highest BCUT2D eigenvalue weighted by molar-refractivity contribution is 5.94. The lowest BCUT2D eigenvalue weighted by Crippen LogP contribution is -2.38. The van der Waals surface area contributed by atoms with E-state index in [1.807, 2.05) is 30.6 Å². The van der Waals surface area contributed by atoms with Gasteiger partial charge in [0.1, 0.15) is 5.69 Å². The largest absolute Gasteiger partial charge is 0.379 e. The summed E-state index contributed by atoms with van der Waals surface area (Å²) in [6.45, 7) is 6.09. The van der Waals surface area contributed by atoms with Crippen LogP contribution in [0.5, 0.6) is 0 Å². The minimum atomic E-state index is -0.0169. The maximum atomic E-state index is 13.0. The van der Waals surface area contributed by atoms with Gasteiger partial charge in [0.25, 0.3) is 5.91 Å². The SMILES string of the molecule is O=C(NCCCN1CCOCC1)c1cc(-c2cnc(-c3cccnc3)nc2)cn1CC1CC1. The number of aromatic nitrogens is 4. The average molecular weight is 447 g/mol. The van der Waals surface area contributed by atoms with Crippen LogP contribution in [0, 0.1) is 5.92 Å². The molecule has 33 heavy (non-hydrogen) atoms. The molecule has 1 aliphatic heterocycles. The number of hydrogen-bond donors (Lipinski definition) is 1. The molecule has 2 aliphatic rings. The Kier molecular flexibility index (Phi) is 6.73. The Morgan fingerprint density at radius 1 is 1.09 bits per heavy atom. The summed E-state index contributed by atoms with van der Waals surface area (Å²) in [5.41, 5.74) is 3.46. The molecule has 0 radical (unpaired) electrons. The van der Waals surface area contributed by atoms with E-state index < -0.39 is 0 Å². The second-order valence-corrected chi connectivity index (χ2v) is 8.81. The molecule has 0 atom stereocenters. The van der Waals surface area contributed by atoms with Gasteiger partial charge in [-0.15, -0.1) is 0 Å². The lowest BCUT2D eigenvalue weighted by atomic mass is 10.1. The van der Waals surface area contributed by atoms with Crippen molar-refractivity contribution in [3.05, 3.63) is 54.9 Å². The van der Waals surface area contributed by atoms with Crippen molar-refractivity contribution in [2.45, 2.75) is 25.8 Å². The van der Waals surface area contributed by atoms with Crippen molar-refractivity contribution in [1.82, 2.24) is 29.7 Å². The first-order chi connectivity index (χ1) is 16.3. The highest BCUT2D eigenvalue weighted by Crippen LogP contribution is 2.32. The van der Waals surface area contributed by atoms with Gasteiger partial charge in [0.2, 0.25) is 0 Å². The molecule has 0 bridgehead atoms. The van der Waals surface area contributed by atoms with E-state index in [0.29, 0.717) is 24.0 Å². The van der Waals surface area contributed by atoms with Crippen molar-refractivity contribution in [3.63, 3.8) is 0 Å². The molecule has 3 aromatic rings. The standard InChI is InChI=1S/C25H30N6O2/c32-25(27-7-2-8-30-9-11-33-12-10-30)23-13-21(18-31(23)17-19-4-5-19)22-15-28-24(29-16-22)20-3-1-6-26-14-20/h1,3,6,13-16,18-19H,2,4-5,7-12,17H2,(H,27,32). The van der Waals surface area contributed by atoms with Gasteiger partial charge in [-0.05, 0) is 49.9 Å². The average Bonchev–Trinajstić information content (AvgIpc) is 3.59. The predicted molar refractivity (Wildman–Crippen MR) is 126 cm³/mol. The number of rotatable bonds is 9. The Bertz CT molecular complexity index is 1060. The van der Waals surface area contributed by atoms with Gasteiger partial charge in [-0.25, -0.2) is 9.97 Å². The molecule has 0 spiro atoms. The third kappa shape index (κ3) is 5.64. The number of carbonyl (C=O) groups excluding carboxylic acids is 1. The molecule has 8 nitrogen and oxygen atoms in total. The molecular weight excluding hydrogens is 416 g/mol. The molecule has 8 heteroatoms. The summed E-state index contributed by atoms with van der Waals surface area (Å²) < 4.78 is 7.49. The fourth-order valence-corrected chi connectivity index (χ4v) is 4.13. The van der Waals surface area contributed by atoms with Crippen LogP contribution in [0.25, 0.3) is 22.5 Å². The third-order valence-corrected chi connectivity index (χ3v) is 6.23. The van der Waals surface area contributed by atoms with Crippen molar-refractivity contribution < 1.29 is 9.53 Å². The van der Waals surface area contributed by atoms with Gasteiger partial charge in [0.05, 0.1) is 13.2 Å². The van der Waals surface area contributed by atoms with E-state index in [9.17, 15) is 4.79 Å². The maximum absolute atomic E-state index is 13.0. The van der Waals surface area contributed by atoms with E-state index in [-0.39, 0.29) is 5.91 Å². The van der Waals surface area contributed by atoms with Crippen molar-refractivity contribution in [2.24, 2.45) is 5.92 Å². The van der Waals surface area contributed by atoms with Gasteiger partial charge >= 0.3 is 0 Å². The zero-order valence-corrected chi connectivity index (χ0v) is 18.8. The Balaban J connectivity index is 1.25. The molecule has 4 heterocycles. The normalized spacial score (nSPS) is 16.6. The number of carbonyl (C=O) groups is 1. The molecule has 0 aromatic carbocycles. The predicted octanol–water partition coefficient (Wildman–Crippen LogP) is 2.87. The third-order valence-electron chi connectivity index (χ3n) is 6.23. The fraction of sp³-hybridized carbons (Fsp3) is 0.440. The van der Waals surface area contributed by atoms with Crippen LogP contribution in [0.1, 0.15) is 29.8 Å². The van der Waals surface area contributed by atoms with Crippen LogP contribution in [0.2, 0.25) is 0 Å². The van der Waals surface area contributed by atoms with Gasteiger partial charge < -0.3 is 14.6 Å². The number of nitrogens with one attached hydrogen (secondary N) is 1. The number of hydrogen-bond acceptors (Lipinski definition) is 6. The van der Waals surface area contributed by atoms with E-state index in [1.165, 1.54) is 12.8 Å². The molecule has 3 aromatic heterocycles. The van der Waals surface area contributed by atoms with Crippen LogP contribution in [0.4, 0.5) is 0 Å². The quantitative estimate of drug-likeness (QED) is 0.509. The highest BCUT2D eigenvalue weighted by atomic mass is 16.5. The minimum absolute atomic E-state index is 0.0169. The summed E-state index contributed by atoms with van der Waals surface area (Å²) in [6, 6.07) is 5.77. The van der Waals surface area contributed by atoms with Crippen LogP contribution in [0.15, 0.2) is 49.2 Å². The van der Waals surface area contributed by atoms with Crippen LogP contribution in [-0.2, 0) is 11.3 Å². The molecule has 5 rings (SSSR count). The first kappa shape index (κ1) is 21.7. The van der Waals surface area contributed by atoms with E-state index in [4.69, 9.17) is 4.74 Å². The number of ether oxygens (including phenoxy) is 1. The van der Waals surface area contributed by atoms with E-state index >= 15 is 0 Å². The van der Waals surface area contributed by atoms with Gasteiger partial charge in [-0.1, -0.05) is 0 Å². The van der Waals surface area contributed by atoms with Gasteiger partial charge in [0, 0.05) is 73.9 Å². The van der Waals surface area contributed by atoms with Crippen molar-refractivity contribution in [3.8, 4) is 22.5 Å². The fourth-order valence-electron chi connectivity index (χ4n) is 4.13. The topological polar surface area (TPSA) is 85.2 Å². The van der Waals surface area contributed by atoms with Crippen molar-refractivity contribution >= 4 is 5.91 Å². The zero-order chi connectivity index (χ0) is 22.5. The summed E-state index contributed by atoms with van der Waals surface area (Å²) in [6.07, 6.45) is 12.6. The number of amides is 1. The van der Waals surface area contributed by atoms with E-state index in [1.54, 1.807) is 12.4 Å². The van der Waals surface area contributed by atoms with Crippen LogP contribution < -0.4 is 5.32 Å². The summed E-state index contributed by atoms with van der Waals surface area (Å²) in [5.74, 6) is 1.29. The van der Waals surface area contributed by atoms with Crippen LogP contribution in [0.3, 0.4) is 0 Å². The Hall–Kier alpha value is -3.10. The van der Waals surface area contributed by atoms with Gasteiger partial charge in [-0.3, -0.25) is 14.7 Å². The molecule has 1 saturated carbocycles. The second-order valence-electron chi connectivity index (χ2n) is 8.81. The number of pyridine rings is 1. The maximum Gasteiger partial charge on any atom is 0.267 e. The van der Waals surface area contributed by atoms with Crippen LogP contribution >= 0.6 is 0 Å².